The van der Waals surface area contributed by atoms with E-state index < -0.39 is 0 Å². The fourth-order valence-corrected chi connectivity index (χ4v) is 2.70. The summed E-state index contributed by atoms with van der Waals surface area (Å²) >= 11 is 0. The van der Waals surface area contributed by atoms with Gasteiger partial charge in [-0.25, -0.2) is 0 Å². The van der Waals surface area contributed by atoms with Crippen molar-refractivity contribution in [3.63, 3.8) is 0 Å². The van der Waals surface area contributed by atoms with Crippen molar-refractivity contribution in [1.82, 2.24) is 0 Å². The van der Waals surface area contributed by atoms with Crippen LogP contribution in [0.1, 0.15) is 30.9 Å². The van der Waals surface area contributed by atoms with Crippen LogP contribution >= 0.6 is 0 Å². The van der Waals surface area contributed by atoms with Crippen LogP contribution in [0.5, 0.6) is 11.5 Å². The lowest BCUT2D eigenvalue weighted by Crippen LogP contribution is -2.22. The Kier molecular flexibility index (Phi) is 5.05. The Labute approximate surface area is 114 Å². The summed E-state index contributed by atoms with van der Waals surface area (Å²) in [5.74, 6) is 2.23. The van der Waals surface area contributed by atoms with Crippen LogP contribution in [0.2, 0.25) is 0 Å². The van der Waals surface area contributed by atoms with Crippen molar-refractivity contribution in [1.29, 1.82) is 0 Å². The topological polar surface area (TPSA) is 53.7 Å². The molecular weight excluding hydrogens is 242 g/mol. The number of rotatable bonds is 5. The van der Waals surface area contributed by atoms with Gasteiger partial charge in [0.15, 0.2) is 0 Å². The minimum Gasteiger partial charge on any atom is -0.496 e. The lowest BCUT2D eigenvalue weighted by Gasteiger charge is -2.26. The van der Waals surface area contributed by atoms with Crippen LogP contribution in [0.15, 0.2) is 18.2 Å². The molecular formula is C15H23NO3. The predicted molar refractivity (Wildman–Crippen MR) is 74.6 cm³/mol. The molecule has 1 aromatic carbocycles. The minimum atomic E-state index is -0.0609. The van der Waals surface area contributed by atoms with Gasteiger partial charge in [-0.1, -0.05) is 6.07 Å². The molecule has 1 heterocycles. The molecule has 0 aromatic heterocycles. The quantitative estimate of drug-likeness (QED) is 0.889. The van der Waals surface area contributed by atoms with E-state index in [1.165, 1.54) is 0 Å². The van der Waals surface area contributed by atoms with Gasteiger partial charge in [0, 0.05) is 19.3 Å². The molecule has 19 heavy (non-hydrogen) atoms. The number of nitrogens with two attached hydrogens (primary N) is 1. The Hall–Kier alpha value is -1.26. The molecule has 2 rings (SSSR count). The average molecular weight is 265 g/mol. The Bertz CT molecular complexity index is 380. The van der Waals surface area contributed by atoms with E-state index in [1.54, 1.807) is 14.2 Å². The van der Waals surface area contributed by atoms with Crippen molar-refractivity contribution in [2.45, 2.75) is 25.3 Å². The van der Waals surface area contributed by atoms with Gasteiger partial charge >= 0.3 is 0 Å². The third-order valence-electron chi connectivity index (χ3n) is 3.76. The summed E-state index contributed by atoms with van der Waals surface area (Å²) < 4.78 is 16.2. The first-order valence-corrected chi connectivity index (χ1v) is 6.80. The standard InChI is InChI=1S/C15H23NO3/c1-17-13-4-3-5-14(18-2)15(13)12(16)10-11-6-8-19-9-7-11/h3-5,11-12H,6-10,16H2,1-2H3. The Balaban J connectivity index is 2.14. The van der Waals surface area contributed by atoms with E-state index >= 15 is 0 Å². The second-order valence-electron chi connectivity index (χ2n) is 4.97. The maximum atomic E-state index is 6.38. The van der Waals surface area contributed by atoms with Gasteiger partial charge < -0.3 is 19.9 Å². The van der Waals surface area contributed by atoms with Gasteiger partial charge in [-0.3, -0.25) is 0 Å². The third kappa shape index (κ3) is 3.39. The molecule has 0 radical (unpaired) electrons. The Morgan fingerprint density at radius 3 is 2.32 bits per heavy atom. The lowest BCUT2D eigenvalue weighted by atomic mass is 9.89. The molecule has 1 atom stereocenters. The van der Waals surface area contributed by atoms with Crippen LogP contribution in [0.3, 0.4) is 0 Å². The van der Waals surface area contributed by atoms with Crippen LogP contribution in [0.4, 0.5) is 0 Å². The van der Waals surface area contributed by atoms with Crippen molar-refractivity contribution in [2.24, 2.45) is 11.7 Å². The Morgan fingerprint density at radius 2 is 1.79 bits per heavy atom. The van der Waals surface area contributed by atoms with Crippen LogP contribution in [-0.2, 0) is 4.74 Å². The van der Waals surface area contributed by atoms with Crippen LogP contribution < -0.4 is 15.2 Å². The molecule has 0 bridgehead atoms. The summed E-state index contributed by atoms with van der Waals surface area (Å²) in [5, 5.41) is 0. The summed E-state index contributed by atoms with van der Waals surface area (Å²) in [4.78, 5) is 0. The highest BCUT2D eigenvalue weighted by Gasteiger charge is 2.22. The van der Waals surface area contributed by atoms with E-state index in [-0.39, 0.29) is 6.04 Å². The SMILES string of the molecule is COc1cccc(OC)c1C(N)CC1CCOCC1. The highest BCUT2D eigenvalue weighted by atomic mass is 16.5. The summed E-state index contributed by atoms with van der Waals surface area (Å²) in [6, 6.07) is 5.72. The van der Waals surface area contributed by atoms with Gasteiger partial charge in [-0.15, -0.1) is 0 Å². The molecule has 1 saturated heterocycles. The first-order valence-electron chi connectivity index (χ1n) is 6.80. The maximum absolute atomic E-state index is 6.38. The van der Waals surface area contributed by atoms with E-state index in [9.17, 15) is 0 Å². The molecule has 1 aliphatic rings. The highest BCUT2D eigenvalue weighted by Crippen LogP contribution is 2.36. The van der Waals surface area contributed by atoms with Crippen molar-refractivity contribution in [3.8, 4) is 11.5 Å². The summed E-state index contributed by atoms with van der Waals surface area (Å²) in [6.07, 6.45) is 3.12. The fraction of sp³-hybridized carbons (Fsp3) is 0.600. The summed E-state index contributed by atoms with van der Waals surface area (Å²) in [7, 11) is 3.33. The van der Waals surface area contributed by atoms with Crippen LogP contribution in [0.25, 0.3) is 0 Å². The van der Waals surface area contributed by atoms with Crippen molar-refractivity contribution >= 4 is 0 Å². The number of ether oxygens (including phenoxy) is 3. The van der Waals surface area contributed by atoms with Crippen LogP contribution in [0, 0.1) is 5.92 Å². The molecule has 1 fully saturated rings. The zero-order chi connectivity index (χ0) is 13.7. The van der Waals surface area contributed by atoms with Gasteiger partial charge in [0.2, 0.25) is 0 Å². The minimum absolute atomic E-state index is 0.0609. The normalized spacial score (nSPS) is 18.1. The first-order chi connectivity index (χ1) is 9.26. The molecule has 4 heteroatoms. The van der Waals surface area contributed by atoms with Crippen molar-refractivity contribution in [2.75, 3.05) is 27.4 Å². The molecule has 1 aliphatic heterocycles. The third-order valence-corrected chi connectivity index (χ3v) is 3.76. The largest absolute Gasteiger partial charge is 0.496 e. The molecule has 0 amide bonds. The van der Waals surface area contributed by atoms with E-state index in [4.69, 9.17) is 19.9 Å². The first kappa shape index (κ1) is 14.2. The van der Waals surface area contributed by atoms with Gasteiger partial charge in [0.05, 0.1) is 19.8 Å². The van der Waals surface area contributed by atoms with E-state index in [0.717, 1.165) is 49.5 Å². The molecule has 2 N–H and O–H groups in total. The van der Waals surface area contributed by atoms with E-state index in [0.29, 0.717) is 5.92 Å². The number of benzene rings is 1. The van der Waals surface area contributed by atoms with E-state index in [1.807, 2.05) is 18.2 Å². The molecule has 4 nitrogen and oxygen atoms in total. The monoisotopic (exact) mass is 265 g/mol. The lowest BCUT2D eigenvalue weighted by molar-refractivity contribution is 0.0617. The van der Waals surface area contributed by atoms with Crippen LogP contribution in [-0.4, -0.2) is 27.4 Å². The number of hydrogen-bond acceptors (Lipinski definition) is 4. The number of methoxy groups -OCH3 is 2. The Morgan fingerprint density at radius 1 is 1.21 bits per heavy atom. The molecule has 0 saturated carbocycles. The summed E-state index contributed by atoms with van der Waals surface area (Å²) in [6.45, 7) is 1.70. The van der Waals surface area contributed by atoms with Gasteiger partial charge in [-0.05, 0) is 37.3 Å². The fourth-order valence-electron chi connectivity index (χ4n) is 2.70. The zero-order valence-electron chi connectivity index (χ0n) is 11.7. The van der Waals surface area contributed by atoms with Crippen molar-refractivity contribution in [3.05, 3.63) is 23.8 Å². The highest BCUT2D eigenvalue weighted by molar-refractivity contribution is 5.46. The molecule has 0 spiro atoms. The summed E-state index contributed by atoms with van der Waals surface area (Å²) in [5.41, 5.74) is 7.35. The number of hydrogen-bond donors (Lipinski definition) is 1. The molecule has 1 unspecified atom stereocenters. The average Bonchev–Trinajstić information content (AvgIpc) is 2.47. The van der Waals surface area contributed by atoms with E-state index in [2.05, 4.69) is 0 Å². The van der Waals surface area contributed by atoms with Gasteiger partial charge in [-0.2, -0.15) is 0 Å². The molecule has 106 valence electrons. The molecule has 0 aliphatic carbocycles. The zero-order valence-corrected chi connectivity index (χ0v) is 11.7. The molecule has 1 aromatic rings. The van der Waals surface area contributed by atoms with Gasteiger partial charge in [0.1, 0.15) is 11.5 Å². The van der Waals surface area contributed by atoms with Gasteiger partial charge in [0.25, 0.3) is 0 Å². The maximum Gasteiger partial charge on any atom is 0.127 e. The second-order valence-corrected chi connectivity index (χ2v) is 4.97. The van der Waals surface area contributed by atoms with Crippen molar-refractivity contribution < 1.29 is 14.2 Å². The predicted octanol–water partition coefficient (Wildman–Crippen LogP) is 2.52. The smallest absolute Gasteiger partial charge is 0.127 e. The second kappa shape index (κ2) is 6.78.